The van der Waals surface area contributed by atoms with Crippen molar-refractivity contribution >= 4 is 35.0 Å². The van der Waals surface area contributed by atoms with Crippen molar-refractivity contribution in [3.05, 3.63) is 54.1 Å². The second-order valence-corrected chi connectivity index (χ2v) is 6.34. The van der Waals surface area contributed by atoms with Crippen LogP contribution in [0.25, 0.3) is 0 Å². The third-order valence-electron chi connectivity index (χ3n) is 4.25. The van der Waals surface area contributed by atoms with E-state index in [0.29, 0.717) is 24.6 Å². The first kappa shape index (κ1) is 20.2. The molecule has 1 aliphatic rings. The molecule has 9 nitrogen and oxygen atoms in total. The number of ether oxygens (including phenoxy) is 2. The average molecular weight is 398 g/mol. The Kier molecular flexibility index (Phi) is 6.64. The lowest BCUT2D eigenvalue weighted by Gasteiger charge is -2.28. The molecule has 0 aromatic heterocycles. The number of hydrogen-bond acceptors (Lipinski definition) is 6. The fourth-order valence-electron chi connectivity index (χ4n) is 2.82. The van der Waals surface area contributed by atoms with Crippen LogP contribution in [0, 0.1) is 0 Å². The number of rotatable bonds is 6. The van der Waals surface area contributed by atoms with Gasteiger partial charge in [0.25, 0.3) is 5.91 Å². The van der Waals surface area contributed by atoms with E-state index in [4.69, 9.17) is 15.2 Å². The van der Waals surface area contributed by atoms with Crippen LogP contribution in [0.15, 0.2) is 48.5 Å². The van der Waals surface area contributed by atoms with E-state index in [1.165, 1.54) is 24.3 Å². The van der Waals surface area contributed by atoms with Crippen LogP contribution >= 0.6 is 0 Å². The van der Waals surface area contributed by atoms with Gasteiger partial charge in [-0.05, 0) is 48.5 Å². The summed E-state index contributed by atoms with van der Waals surface area (Å²) in [5.74, 6) is -1.09. The number of nitrogens with zero attached hydrogens (tertiary/aromatic N) is 1. The molecule has 3 rings (SSSR count). The summed E-state index contributed by atoms with van der Waals surface area (Å²) < 4.78 is 10.4. The fraction of sp³-hybridized carbons (Fsp3) is 0.250. The Labute approximate surface area is 167 Å². The Hall–Kier alpha value is -3.59. The minimum atomic E-state index is -0.699. The van der Waals surface area contributed by atoms with E-state index < -0.39 is 24.5 Å². The second kappa shape index (κ2) is 9.56. The second-order valence-electron chi connectivity index (χ2n) is 6.34. The van der Waals surface area contributed by atoms with Crippen LogP contribution in [-0.4, -0.2) is 50.8 Å². The number of carbonyl (C=O) groups is 3. The minimum Gasteiger partial charge on any atom is -0.452 e. The number of morpholine rings is 1. The first-order valence-electron chi connectivity index (χ1n) is 9.07. The Balaban J connectivity index is 1.46. The van der Waals surface area contributed by atoms with Crippen LogP contribution in [0.2, 0.25) is 0 Å². The van der Waals surface area contributed by atoms with Crippen LogP contribution in [0.4, 0.5) is 21.9 Å². The van der Waals surface area contributed by atoms with Crippen LogP contribution in [-0.2, 0) is 14.3 Å². The molecule has 152 valence electrons. The van der Waals surface area contributed by atoms with Gasteiger partial charge in [-0.25, -0.2) is 9.59 Å². The zero-order chi connectivity index (χ0) is 20.6. The molecular weight excluding hydrogens is 376 g/mol. The van der Waals surface area contributed by atoms with Gasteiger partial charge in [-0.2, -0.15) is 0 Å². The van der Waals surface area contributed by atoms with Gasteiger partial charge >= 0.3 is 12.0 Å². The molecule has 1 heterocycles. The maximum Gasteiger partial charge on any atom is 0.338 e. The molecule has 0 bridgehead atoms. The number of hydrogen-bond donors (Lipinski definition) is 3. The maximum absolute atomic E-state index is 12.0. The molecule has 0 radical (unpaired) electrons. The predicted octanol–water partition coefficient (Wildman–Crippen LogP) is 1.81. The zero-order valence-corrected chi connectivity index (χ0v) is 15.7. The van der Waals surface area contributed by atoms with Gasteiger partial charge in [0.1, 0.15) is 0 Å². The van der Waals surface area contributed by atoms with Gasteiger partial charge in [-0.15, -0.1) is 0 Å². The van der Waals surface area contributed by atoms with Crippen LogP contribution in [0.1, 0.15) is 10.4 Å². The SMILES string of the molecule is NC(=O)Nc1ccc(C(=O)OCC(=O)Nc2ccc(N3CCOCC3)cc2)cc1. The van der Waals surface area contributed by atoms with Crippen molar-refractivity contribution in [2.24, 2.45) is 5.73 Å². The highest BCUT2D eigenvalue weighted by Crippen LogP contribution is 2.19. The summed E-state index contributed by atoms with van der Waals surface area (Å²) in [5.41, 5.74) is 7.40. The van der Waals surface area contributed by atoms with Gasteiger partial charge in [-0.1, -0.05) is 0 Å². The van der Waals surface area contributed by atoms with Crippen molar-refractivity contribution in [1.82, 2.24) is 0 Å². The molecule has 9 heteroatoms. The summed E-state index contributed by atoms with van der Waals surface area (Å²) >= 11 is 0. The average Bonchev–Trinajstić information content (AvgIpc) is 2.73. The third kappa shape index (κ3) is 5.94. The molecule has 0 unspecified atom stereocenters. The fourth-order valence-corrected chi connectivity index (χ4v) is 2.82. The quantitative estimate of drug-likeness (QED) is 0.638. The molecular formula is C20H22N4O5. The number of anilines is 3. The highest BCUT2D eigenvalue weighted by Gasteiger charge is 2.13. The van der Waals surface area contributed by atoms with E-state index in [1.807, 2.05) is 12.1 Å². The van der Waals surface area contributed by atoms with E-state index in [2.05, 4.69) is 15.5 Å². The zero-order valence-electron chi connectivity index (χ0n) is 15.7. The summed E-state index contributed by atoms with van der Waals surface area (Å²) in [6.07, 6.45) is 0. The number of carbonyl (C=O) groups excluding carboxylic acids is 3. The highest BCUT2D eigenvalue weighted by molar-refractivity contribution is 5.96. The van der Waals surface area contributed by atoms with Gasteiger partial charge < -0.3 is 30.7 Å². The van der Waals surface area contributed by atoms with Gasteiger partial charge in [0.15, 0.2) is 6.61 Å². The van der Waals surface area contributed by atoms with Crippen molar-refractivity contribution < 1.29 is 23.9 Å². The largest absolute Gasteiger partial charge is 0.452 e. The normalized spacial score (nSPS) is 13.4. The highest BCUT2D eigenvalue weighted by atomic mass is 16.5. The smallest absolute Gasteiger partial charge is 0.338 e. The number of primary amides is 1. The van der Waals surface area contributed by atoms with E-state index in [-0.39, 0.29) is 5.56 Å². The summed E-state index contributed by atoms with van der Waals surface area (Å²) in [6, 6.07) is 12.7. The van der Waals surface area contributed by atoms with Crippen molar-refractivity contribution in [3.63, 3.8) is 0 Å². The topological polar surface area (TPSA) is 123 Å². The maximum atomic E-state index is 12.0. The number of amides is 3. The number of benzene rings is 2. The lowest BCUT2D eigenvalue weighted by molar-refractivity contribution is -0.119. The van der Waals surface area contributed by atoms with Gasteiger partial charge in [0.05, 0.1) is 18.8 Å². The summed E-state index contributed by atoms with van der Waals surface area (Å²) in [5, 5.41) is 5.08. The molecule has 1 fully saturated rings. The molecule has 0 spiro atoms. The van der Waals surface area contributed by atoms with Gasteiger partial charge in [-0.3, -0.25) is 4.79 Å². The molecule has 3 amide bonds. The molecule has 1 aliphatic heterocycles. The summed E-state index contributed by atoms with van der Waals surface area (Å²) in [6.45, 7) is 2.66. The number of nitrogens with one attached hydrogen (secondary N) is 2. The first-order valence-corrected chi connectivity index (χ1v) is 9.07. The minimum absolute atomic E-state index is 0.252. The molecule has 1 saturated heterocycles. The van der Waals surface area contributed by atoms with Crippen LogP contribution in [0.3, 0.4) is 0 Å². The van der Waals surface area contributed by atoms with E-state index in [1.54, 1.807) is 12.1 Å². The van der Waals surface area contributed by atoms with Gasteiger partial charge in [0, 0.05) is 30.2 Å². The number of urea groups is 1. The van der Waals surface area contributed by atoms with Gasteiger partial charge in [0.2, 0.25) is 0 Å². The molecule has 2 aromatic rings. The Morgan fingerprint density at radius 2 is 1.52 bits per heavy atom. The van der Waals surface area contributed by atoms with Crippen LogP contribution < -0.4 is 21.3 Å². The summed E-state index contributed by atoms with van der Waals surface area (Å²) in [4.78, 5) is 37.0. The molecule has 0 atom stereocenters. The van der Waals surface area contributed by atoms with E-state index >= 15 is 0 Å². The summed E-state index contributed by atoms with van der Waals surface area (Å²) in [7, 11) is 0. The molecule has 2 aromatic carbocycles. The molecule has 4 N–H and O–H groups in total. The monoisotopic (exact) mass is 398 g/mol. The lowest BCUT2D eigenvalue weighted by Crippen LogP contribution is -2.36. The molecule has 0 saturated carbocycles. The number of nitrogens with two attached hydrogens (primary N) is 1. The Morgan fingerprint density at radius 3 is 2.14 bits per heavy atom. The first-order chi connectivity index (χ1) is 14.0. The lowest BCUT2D eigenvalue weighted by atomic mass is 10.2. The standard InChI is InChI=1S/C20H22N4O5/c21-20(27)23-16-3-1-14(2-4-16)19(26)29-13-18(25)22-15-5-7-17(8-6-15)24-9-11-28-12-10-24/h1-8H,9-13H2,(H,22,25)(H3,21,23,27). The van der Waals surface area contributed by atoms with Crippen molar-refractivity contribution in [1.29, 1.82) is 0 Å². The Morgan fingerprint density at radius 1 is 0.931 bits per heavy atom. The third-order valence-corrected chi connectivity index (χ3v) is 4.25. The number of esters is 1. The van der Waals surface area contributed by atoms with Crippen molar-refractivity contribution in [2.75, 3.05) is 48.4 Å². The van der Waals surface area contributed by atoms with E-state index in [0.717, 1.165) is 18.8 Å². The predicted molar refractivity (Wildman–Crippen MR) is 108 cm³/mol. The molecule has 0 aliphatic carbocycles. The molecule has 29 heavy (non-hydrogen) atoms. The van der Waals surface area contributed by atoms with E-state index in [9.17, 15) is 14.4 Å². The van der Waals surface area contributed by atoms with Crippen molar-refractivity contribution in [2.45, 2.75) is 0 Å². The van der Waals surface area contributed by atoms with Crippen molar-refractivity contribution in [3.8, 4) is 0 Å². The Bertz CT molecular complexity index is 861. The van der Waals surface area contributed by atoms with Crippen LogP contribution in [0.5, 0.6) is 0 Å².